The topological polar surface area (TPSA) is 157 Å². The highest BCUT2D eigenvalue weighted by molar-refractivity contribution is 5.99. The molecule has 0 aromatic heterocycles. The predicted molar refractivity (Wildman–Crippen MR) is 143 cm³/mol. The second kappa shape index (κ2) is 14.3. The Labute approximate surface area is 213 Å². The van der Waals surface area contributed by atoms with Crippen molar-refractivity contribution in [2.75, 3.05) is 31.5 Å². The summed E-state index contributed by atoms with van der Waals surface area (Å²) in [4.78, 5) is 40.3. The molecule has 196 valence electrons. The van der Waals surface area contributed by atoms with Crippen LogP contribution < -0.4 is 27.8 Å². The molecule has 0 saturated heterocycles. The number of nitrogens with one attached hydrogen (secondary N) is 2. The van der Waals surface area contributed by atoms with Gasteiger partial charge in [0.05, 0.1) is 12.5 Å². The lowest BCUT2D eigenvalue weighted by Gasteiger charge is -2.24. The summed E-state index contributed by atoms with van der Waals surface area (Å²) in [6.07, 6.45) is 0.758. The molecule has 9 heteroatoms. The Morgan fingerprint density at radius 3 is 2.06 bits per heavy atom. The second-order valence-corrected chi connectivity index (χ2v) is 9.12. The number of nitrogens with zero attached hydrogens (tertiary/aromatic N) is 1. The second-order valence-electron chi connectivity index (χ2n) is 9.12. The molecule has 8 N–H and O–H groups in total. The molecule has 0 aliphatic heterocycles. The van der Waals surface area contributed by atoms with Crippen LogP contribution in [0.15, 0.2) is 42.5 Å². The van der Waals surface area contributed by atoms with Gasteiger partial charge in [0.25, 0.3) is 0 Å². The van der Waals surface area contributed by atoms with Crippen LogP contribution in [0.5, 0.6) is 0 Å². The van der Waals surface area contributed by atoms with Crippen molar-refractivity contribution >= 4 is 23.4 Å². The summed E-state index contributed by atoms with van der Waals surface area (Å²) in [5, 5.41) is 5.75. The van der Waals surface area contributed by atoms with Gasteiger partial charge in [-0.1, -0.05) is 48.0 Å². The van der Waals surface area contributed by atoms with Crippen molar-refractivity contribution in [2.45, 2.75) is 52.1 Å². The lowest BCUT2D eigenvalue weighted by molar-refractivity contribution is -0.134. The van der Waals surface area contributed by atoms with E-state index in [9.17, 15) is 14.4 Å². The molecule has 0 aliphatic rings. The summed E-state index contributed by atoms with van der Waals surface area (Å²) < 4.78 is 0. The number of amides is 3. The van der Waals surface area contributed by atoms with E-state index in [0.29, 0.717) is 25.9 Å². The van der Waals surface area contributed by atoms with Gasteiger partial charge in [-0.2, -0.15) is 0 Å². The van der Waals surface area contributed by atoms with Crippen molar-refractivity contribution in [2.24, 2.45) is 17.2 Å². The monoisotopic (exact) mass is 496 g/mol. The number of carbonyl (C=O) groups is 3. The van der Waals surface area contributed by atoms with Gasteiger partial charge in [-0.05, 0) is 50.3 Å². The van der Waals surface area contributed by atoms with Gasteiger partial charge in [-0.25, -0.2) is 0 Å². The Bertz CT molecular complexity index is 998. The summed E-state index contributed by atoms with van der Waals surface area (Å²) in [7, 11) is 0. The molecule has 0 heterocycles. The molecule has 0 bridgehead atoms. The average molecular weight is 497 g/mol. The number of hydrogen-bond acceptors (Lipinski definition) is 6. The van der Waals surface area contributed by atoms with Crippen molar-refractivity contribution in [1.29, 1.82) is 0 Å². The largest absolute Gasteiger partial charge is 0.343 e. The molecule has 3 amide bonds. The zero-order valence-electron chi connectivity index (χ0n) is 21.5. The molecule has 0 fully saturated rings. The Kier molecular flexibility index (Phi) is 11.5. The van der Waals surface area contributed by atoms with Crippen LogP contribution >= 0.6 is 0 Å². The molecule has 2 aromatic carbocycles. The minimum Gasteiger partial charge on any atom is -0.343 e. The van der Waals surface area contributed by atoms with Crippen LogP contribution in [0.25, 0.3) is 0 Å². The first-order valence-corrected chi connectivity index (χ1v) is 12.3. The molecular weight excluding hydrogens is 456 g/mol. The minimum atomic E-state index is -1.11. The van der Waals surface area contributed by atoms with E-state index >= 15 is 0 Å². The molecule has 2 unspecified atom stereocenters. The Morgan fingerprint density at radius 1 is 0.917 bits per heavy atom. The Hall–Kier alpha value is -3.27. The molecule has 9 nitrogen and oxygen atoms in total. The fourth-order valence-electron chi connectivity index (χ4n) is 4.17. The molecule has 0 spiro atoms. The quantitative estimate of drug-likeness (QED) is 0.280. The molecular formula is C27H40N6O3. The van der Waals surface area contributed by atoms with E-state index in [4.69, 9.17) is 17.2 Å². The predicted octanol–water partition coefficient (Wildman–Crippen LogP) is 1.13. The highest BCUT2D eigenvalue weighted by Gasteiger charge is 2.27. The SMILES string of the molecule is Cc1cc(C)c(NC(=O)C(CCc2ccccc2)NC(=O)C(N)CC(=O)N(CCN)CCN)c(C)c1. The molecule has 0 aliphatic carbocycles. The van der Waals surface area contributed by atoms with Gasteiger partial charge >= 0.3 is 0 Å². The number of hydrogen-bond donors (Lipinski definition) is 5. The molecule has 2 aromatic rings. The maximum Gasteiger partial charge on any atom is 0.246 e. The summed E-state index contributed by atoms with van der Waals surface area (Å²) >= 11 is 0. The van der Waals surface area contributed by atoms with Crippen molar-refractivity contribution in [3.05, 3.63) is 64.7 Å². The van der Waals surface area contributed by atoms with E-state index in [-0.39, 0.29) is 31.3 Å². The highest BCUT2D eigenvalue weighted by Crippen LogP contribution is 2.22. The van der Waals surface area contributed by atoms with Crippen molar-refractivity contribution in [1.82, 2.24) is 10.2 Å². The van der Waals surface area contributed by atoms with E-state index in [1.54, 1.807) is 0 Å². The van der Waals surface area contributed by atoms with Gasteiger partial charge in [0.1, 0.15) is 6.04 Å². The number of rotatable bonds is 13. The van der Waals surface area contributed by atoms with Crippen LogP contribution in [-0.4, -0.2) is 60.9 Å². The van der Waals surface area contributed by atoms with E-state index < -0.39 is 18.0 Å². The summed E-state index contributed by atoms with van der Waals surface area (Å²) in [5.74, 6) is -1.19. The molecule has 2 rings (SSSR count). The number of anilines is 1. The first kappa shape index (κ1) is 29.0. The van der Waals surface area contributed by atoms with Gasteiger partial charge < -0.3 is 32.7 Å². The Balaban J connectivity index is 2.14. The number of aryl methyl sites for hydroxylation is 4. The third-order valence-corrected chi connectivity index (χ3v) is 6.00. The fourth-order valence-corrected chi connectivity index (χ4v) is 4.17. The standard InChI is InChI=1S/C27H40N6O3/c1-18-15-19(2)25(20(3)16-18)32-27(36)23(10-9-21-7-5-4-6-8-21)31-26(35)22(30)17-24(34)33(13-11-28)14-12-29/h4-8,15-16,22-23H,9-14,17,28-30H2,1-3H3,(H,31,35)(H,32,36). The zero-order chi connectivity index (χ0) is 26.7. The normalized spacial score (nSPS) is 12.5. The van der Waals surface area contributed by atoms with Crippen LogP contribution in [0, 0.1) is 20.8 Å². The number of carbonyl (C=O) groups excluding carboxylic acids is 3. The summed E-state index contributed by atoms with van der Waals surface area (Å²) in [5.41, 5.74) is 22.0. The lowest BCUT2D eigenvalue weighted by Crippen LogP contribution is -2.52. The van der Waals surface area contributed by atoms with Crippen molar-refractivity contribution in [3.8, 4) is 0 Å². The van der Waals surface area contributed by atoms with Crippen LogP contribution in [0.2, 0.25) is 0 Å². The van der Waals surface area contributed by atoms with Crippen molar-refractivity contribution in [3.63, 3.8) is 0 Å². The highest BCUT2D eigenvalue weighted by atomic mass is 16.2. The first-order valence-electron chi connectivity index (χ1n) is 12.3. The molecule has 0 saturated carbocycles. The van der Waals surface area contributed by atoms with Crippen LogP contribution in [0.3, 0.4) is 0 Å². The lowest BCUT2D eigenvalue weighted by atomic mass is 10.0. The Morgan fingerprint density at radius 2 is 1.50 bits per heavy atom. The van der Waals surface area contributed by atoms with E-state index in [1.807, 2.05) is 63.2 Å². The van der Waals surface area contributed by atoms with Crippen molar-refractivity contribution < 1.29 is 14.4 Å². The van der Waals surface area contributed by atoms with Crippen LogP contribution in [0.1, 0.15) is 35.1 Å². The fraction of sp³-hybridized carbons (Fsp3) is 0.444. The third-order valence-electron chi connectivity index (χ3n) is 6.00. The molecule has 36 heavy (non-hydrogen) atoms. The summed E-state index contributed by atoms with van der Waals surface area (Å²) in [6.45, 7) is 7.11. The molecule has 0 radical (unpaired) electrons. The van der Waals surface area contributed by atoms with E-state index in [2.05, 4.69) is 10.6 Å². The van der Waals surface area contributed by atoms with Crippen LogP contribution in [0.4, 0.5) is 5.69 Å². The van der Waals surface area contributed by atoms with Gasteiger partial charge in [0.2, 0.25) is 17.7 Å². The zero-order valence-corrected chi connectivity index (χ0v) is 21.5. The maximum atomic E-state index is 13.3. The number of nitrogens with two attached hydrogens (primary N) is 3. The van der Waals surface area contributed by atoms with Gasteiger partial charge in [0.15, 0.2) is 0 Å². The van der Waals surface area contributed by atoms with Gasteiger partial charge in [0, 0.05) is 31.9 Å². The van der Waals surface area contributed by atoms with Gasteiger partial charge in [-0.15, -0.1) is 0 Å². The smallest absolute Gasteiger partial charge is 0.246 e. The first-order chi connectivity index (χ1) is 17.2. The van der Waals surface area contributed by atoms with E-state index in [1.165, 1.54) is 4.90 Å². The minimum absolute atomic E-state index is 0.199. The number of benzene rings is 2. The maximum absolute atomic E-state index is 13.3. The van der Waals surface area contributed by atoms with E-state index in [0.717, 1.165) is 27.9 Å². The third kappa shape index (κ3) is 8.75. The van der Waals surface area contributed by atoms with Gasteiger partial charge in [-0.3, -0.25) is 14.4 Å². The molecule has 2 atom stereocenters. The van der Waals surface area contributed by atoms with Crippen LogP contribution in [-0.2, 0) is 20.8 Å². The summed E-state index contributed by atoms with van der Waals surface area (Å²) in [6, 6.07) is 11.8. The average Bonchev–Trinajstić information content (AvgIpc) is 2.84.